The second kappa shape index (κ2) is 8.35. The molecule has 0 aliphatic rings. The van der Waals surface area contributed by atoms with Gasteiger partial charge in [0.05, 0.1) is 5.25 Å². The zero-order valence-corrected chi connectivity index (χ0v) is 16.1. The summed E-state index contributed by atoms with van der Waals surface area (Å²) >= 11 is 1.18. The Balaban J connectivity index is 1.66. The lowest BCUT2D eigenvalue weighted by atomic mass is 10.0. The molecule has 3 rings (SSSR count). The Morgan fingerprint density at radius 3 is 2.48 bits per heavy atom. The van der Waals surface area contributed by atoms with Crippen LogP contribution in [-0.2, 0) is 4.79 Å². The molecule has 1 aromatic heterocycles. The number of nitrogens with one attached hydrogen (secondary N) is 1. The van der Waals surface area contributed by atoms with E-state index in [9.17, 15) is 9.18 Å². The number of hydrogen-bond acceptors (Lipinski definition) is 5. The van der Waals surface area contributed by atoms with Gasteiger partial charge in [0.15, 0.2) is 0 Å². The lowest BCUT2D eigenvalue weighted by Crippen LogP contribution is -2.23. The van der Waals surface area contributed by atoms with Crippen LogP contribution in [0.1, 0.15) is 32.3 Å². The number of rotatable bonds is 6. The average molecular weight is 385 g/mol. The summed E-state index contributed by atoms with van der Waals surface area (Å²) in [6.45, 7) is 5.94. The first-order chi connectivity index (χ1) is 12.9. The van der Waals surface area contributed by atoms with E-state index in [2.05, 4.69) is 29.4 Å². The number of carbonyl (C=O) groups excluding carboxylic acids is 1. The van der Waals surface area contributed by atoms with Crippen LogP contribution >= 0.6 is 11.8 Å². The molecule has 3 aromatic rings. The molecule has 0 aliphatic heterocycles. The number of nitrogens with zero attached hydrogens (tertiary/aromatic N) is 2. The summed E-state index contributed by atoms with van der Waals surface area (Å²) in [6.07, 6.45) is 0. The van der Waals surface area contributed by atoms with Gasteiger partial charge in [0, 0.05) is 11.3 Å². The van der Waals surface area contributed by atoms with E-state index >= 15 is 0 Å². The maximum Gasteiger partial charge on any atom is 0.277 e. The van der Waals surface area contributed by atoms with Gasteiger partial charge in [0.25, 0.3) is 5.22 Å². The first-order valence-electron chi connectivity index (χ1n) is 8.60. The van der Waals surface area contributed by atoms with Crippen molar-refractivity contribution in [2.24, 2.45) is 0 Å². The highest BCUT2D eigenvalue weighted by Gasteiger charge is 2.20. The average Bonchev–Trinajstić information content (AvgIpc) is 3.11. The number of halogens is 1. The van der Waals surface area contributed by atoms with E-state index in [1.54, 1.807) is 19.1 Å². The summed E-state index contributed by atoms with van der Waals surface area (Å²) < 4.78 is 18.6. The van der Waals surface area contributed by atoms with Gasteiger partial charge in [-0.15, -0.1) is 10.2 Å². The molecule has 0 bridgehead atoms. The van der Waals surface area contributed by atoms with Crippen molar-refractivity contribution in [1.29, 1.82) is 0 Å². The summed E-state index contributed by atoms with van der Waals surface area (Å²) in [4.78, 5) is 12.5. The van der Waals surface area contributed by atoms with Gasteiger partial charge in [-0.05, 0) is 48.7 Å². The maximum atomic E-state index is 13.0. The van der Waals surface area contributed by atoms with E-state index in [1.165, 1.54) is 23.9 Å². The normalized spacial score (nSPS) is 12.2. The summed E-state index contributed by atoms with van der Waals surface area (Å²) in [7, 11) is 0. The Labute approximate surface area is 161 Å². The quantitative estimate of drug-likeness (QED) is 0.597. The molecule has 0 aliphatic carbocycles. The molecule has 0 saturated carbocycles. The number of benzene rings is 2. The number of thioether (sulfide) groups is 1. The van der Waals surface area contributed by atoms with Crippen molar-refractivity contribution in [2.75, 3.05) is 5.32 Å². The van der Waals surface area contributed by atoms with Crippen LogP contribution < -0.4 is 5.32 Å². The van der Waals surface area contributed by atoms with E-state index in [0.717, 1.165) is 11.3 Å². The zero-order chi connectivity index (χ0) is 19.4. The van der Waals surface area contributed by atoms with Gasteiger partial charge in [-0.3, -0.25) is 4.79 Å². The van der Waals surface area contributed by atoms with Crippen LogP contribution in [0.25, 0.3) is 11.5 Å². The third-order valence-electron chi connectivity index (χ3n) is 3.99. The predicted molar refractivity (Wildman–Crippen MR) is 104 cm³/mol. The first-order valence-corrected chi connectivity index (χ1v) is 9.48. The molecule has 1 N–H and O–H groups in total. The number of aromatic nitrogens is 2. The summed E-state index contributed by atoms with van der Waals surface area (Å²) in [6, 6.07) is 13.5. The van der Waals surface area contributed by atoms with Crippen molar-refractivity contribution in [2.45, 2.75) is 37.2 Å². The van der Waals surface area contributed by atoms with E-state index in [0.29, 0.717) is 11.5 Å². The van der Waals surface area contributed by atoms with Crippen molar-refractivity contribution in [3.63, 3.8) is 0 Å². The molecule has 2 aromatic carbocycles. The van der Waals surface area contributed by atoms with Gasteiger partial charge in [-0.1, -0.05) is 43.8 Å². The largest absolute Gasteiger partial charge is 0.411 e. The van der Waals surface area contributed by atoms with Crippen LogP contribution in [0.4, 0.5) is 10.1 Å². The first kappa shape index (κ1) is 19.1. The molecule has 0 saturated heterocycles. The van der Waals surface area contributed by atoms with Gasteiger partial charge >= 0.3 is 0 Å². The Morgan fingerprint density at radius 2 is 1.78 bits per heavy atom. The monoisotopic (exact) mass is 385 g/mol. The number of carbonyl (C=O) groups is 1. The van der Waals surface area contributed by atoms with Gasteiger partial charge in [-0.25, -0.2) is 4.39 Å². The standard InChI is InChI=1S/C20H20FN3O2S/c1-12(2)16-6-4-5-7-17(16)22-18(25)13(3)27-20-24-23-19(26-20)14-8-10-15(21)11-9-14/h4-13H,1-3H3,(H,22,25)/t13-/m0/s1. The van der Waals surface area contributed by atoms with Crippen LogP contribution in [0, 0.1) is 5.82 Å². The Kier molecular flexibility index (Phi) is 5.91. The highest BCUT2D eigenvalue weighted by Crippen LogP contribution is 2.28. The van der Waals surface area contributed by atoms with Crippen molar-refractivity contribution < 1.29 is 13.6 Å². The number of hydrogen-bond donors (Lipinski definition) is 1. The van der Waals surface area contributed by atoms with Crippen LogP contribution in [0.3, 0.4) is 0 Å². The molecule has 0 fully saturated rings. The minimum Gasteiger partial charge on any atom is -0.411 e. The second-order valence-corrected chi connectivity index (χ2v) is 7.66. The van der Waals surface area contributed by atoms with Crippen molar-refractivity contribution in [3.8, 4) is 11.5 Å². The number of anilines is 1. The topological polar surface area (TPSA) is 68.0 Å². The number of para-hydroxylation sites is 1. The lowest BCUT2D eigenvalue weighted by molar-refractivity contribution is -0.115. The van der Waals surface area contributed by atoms with Gasteiger partial charge < -0.3 is 9.73 Å². The van der Waals surface area contributed by atoms with Crippen LogP contribution in [0.15, 0.2) is 58.2 Å². The molecule has 1 atom stereocenters. The van der Waals surface area contributed by atoms with Crippen LogP contribution in [0.2, 0.25) is 0 Å². The van der Waals surface area contributed by atoms with Crippen molar-refractivity contribution in [3.05, 3.63) is 59.9 Å². The predicted octanol–water partition coefficient (Wildman–Crippen LogP) is 5.12. The third-order valence-corrected chi connectivity index (χ3v) is 4.92. The second-order valence-electron chi connectivity index (χ2n) is 6.37. The molecule has 0 radical (unpaired) electrons. The molecule has 5 nitrogen and oxygen atoms in total. The highest BCUT2D eigenvalue weighted by molar-refractivity contribution is 8.00. The summed E-state index contributed by atoms with van der Waals surface area (Å²) in [5.74, 6) is 0.114. The van der Waals surface area contributed by atoms with Gasteiger partial charge in [0.1, 0.15) is 5.82 Å². The summed E-state index contributed by atoms with van der Waals surface area (Å²) in [5, 5.41) is 10.7. The van der Waals surface area contributed by atoms with E-state index < -0.39 is 5.25 Å². The third kappa shape index (κ3) is 4.74. The van der Waals surface area contributed by atoms with E-state index in [1.807, 2.05) is 24.3 Å². The Hall–Kier alpha value is -2.67. The molecular weight excluding hydrogens is 365 g/mol. The molecular formula is C20H20FN3O2S. The lowest BCUT2D eigenvalue weighted by Gasteiger charge is -2.15. The molecule has 1 heterocycles. The van der Waals surface area contributed by atoms with Crippen molar-refractivity contribution >= 4 is 23.4 Å². The van der Waals surface area contributed by atoms with Crippen molar-refractivity contribution in [1.82, 2.24) is 10.2 Å². The Morgan fingerprint density at radius 1 is 1.07 bits per heavy atom. The molecule has 7 heteroatoms. The SMILES string of the molecule is CC(C)c1ccccc1NC(=O)[C@H](C)Sc1nnc(-c2ccc(F)cc2)o1. The summed E-state index contributed by atoms with van der Waals surface area (Å²) in [5.41, 5.74) is 2.51. The van der Waals surface area contributed by atoms with E-state index in [4.69, 9.17) is 4.42 Å². The fraction of sp³-hybridized carbons (Fsp3) is 0.250. The fourth-order valence-electron chi connectivity index (χ4n) is 2.52. The zero-order valence-electron chi connectivity index (χ0n) is 15.3. The van der Waals surface area contributed by atoms with Crippen LogP contribution in [0.5, 0.6) is 0 Å². The minimum absolute atomic E-state index is 0.144. The minimum atomic E-state index is -0.424. The molecule has 1 amide bonds. The Bertz CT molecular complexity index is 925. The van der Waals surface area contributed by atoms with Crippen LogP contribution in [-0.4, -0.2) is 21.4 Å². The highest BCUT2D eigenvalue weighted by atomic mass is 32.2. The van der Waals surface area contributed by atoms with E-state index in [-0.39, 0.29) is 22.8 Å². The maximum absolute atomic E-state index is 13.0. The molecule has 140 valence electrons. The molecule has 27 heavy (non-hydrogen) atoms. The van der Waals surface area contributed by atoms with Gasteiger partial charge in [0.2, 0.25) is 11.8 Å². The molecule has 0 spiro atoms. The van der Waals surface area contributed by atoms with Gasteiger partial charge in [-0.2, -0.15) is 0 Å². The molecule has 0 unspecified atom stereocenters. The number of amides is 1. The smallest absolute Gasteiger partial charge is 0.277 e. The fourth-order valence-corrected chi connectivity index (χ4v) is 3.20.